The average Bonchev–Trinajstić information content (AvgIpc) is 2.14. The Labute approximate surface area is 94.6 Å². The molecule has 0 aliphatic rings. The van der Waals surface area contributed by atoms with Gasteiger partial charge in [-0.3, -0.25) is 0 Å². The van der Waals surface area contributed by atoms with E-state index in [-0.39, 0.29) is 10.9 Å². The normalized spacial score (nSPS) is 12.9. The molecule has 0 atom stereocenters. The van der Waals surface area contributed by atoms with Crippen molar-refractivity contribution in [1.29, 1.82) is 0 Å². The lowest BCUT2D eigenvalue weighted by Crippen LogP contribution is -2.16. The molecule has 1 nitrogen and oxygen atoms in total. The summed E-state index contributed by atoms with van der Waals surface area (Å²) in [5.74, 6) is 0. The predicted octanol–water partition coefficient (Wildman–Crippen LogP) is 4.01. The van der Waals surface area contributed by atoms with Crippen molar-refractivity contribution < 1.29 is 26.3 Å². The van der Waals surface area contributed by atoms with E-state index >= 15 is 0 Å². The van der Waals surface area contributed by atoms with E-state index in [1.807, 2.05) is 0 Å². The Morgan fingerprint density at radius 1 is 1.00 bits per heavy atom. The second-order valence-corrected chi connectivity index (χ2v) is 3.39. The maximum Gasteiger partial charge on any atom is 0.433 e. The van der Waals surface area contributed by atoms with Crippen LogP contribution in [-0.2, 0) is 17.7 Å². The van der Waals surface area contributed by atoms with Gasteiger partial charge in [-0.25, -0.2) is 4.98 Å². The second kappa shape index (κ2) is 4.23. The molecule has 0 unspecified atom stereocenters. The molecule has 0 bridgehead atoms. The van der Waals surface area contributed by atoms with Gasteiger partial charge in [0.1, 0.15) is 11.4 Å². The average molecular weight is 308 g/mol. The number of pyridine rings is 1. The topological polar surface area (TPSA) is 12.9 Å². The molecule has 0 saturated carbocycles. The third-order valence-corrected chi connectivity index (χ3v) is 2.29. The molecular formula is C8H4BrF6N. The van der Waals surface area contributed by atoms with Crippen LogP contribution in [0.1, 0.15) is 17.0 Å². The number of aromatic nitrogens is 1. The summed E-state index contributed by atoms with van der Waals surface area (Å²) in [4.78, 5) is 2.61. The fraction of sp³-hybridized carbons (Fsp3) is 0.375. The number of alkyl halides is 7. The first-order valence-corrected chi connectivity index (χ1v) is 4.98. The SMILES string of the molecule is FC(F)(F)c1ccc(CBr)c(C(F)(F)F)n1. The molecular weight excluding hydrogens is 304 g/mol. The molecule has 1 aromatic rings. The summed E-state index contributed by atoms with van der Waals surface area (Å²) >= 11 is 2.75. The van der Waals surface area contributed by atoms with E-state index in [0.717, 1.165) is 6.07 Å². The lowest BCUT2D eigenvalue weighted by molar-refractivity contribution is -0.150. The van der Waals surface area contributed by atoms with Crippen molar-refractivity contribution >= 4 is 15.9 Å². The van der Waals surface area contributed by atoms with Gasteiger partial charge in [0.15, 0.2) is 0 Å². The van der Waals surface area contributed by atoms with E-state index in [4.69, 9.17) is 0 Å². The van der Waals surface area contributed by atoms with Crippen molar-refractivity contribution in [3.8, 4) is 0 Å². The second-order valence-electron chi connectivity index (χ2n) is 2.83. The number of halogens is 7. The Morgan fingerprint density at radius 3 is 1.94 bits per heavy atom. The van der Waals surface area contributed by atoms with Crippen LogP contribution in [-0.4, -0.2) is 4.98 Å². The zero-order chi connectivity index (χ0) is 12.6. The van der Waals surface area contributed by atoms with Gasteiger partial charge in [-0.2, -0.15) is 26.3 Å². The van der Waals surface area contributed by atoms with Crippen LogP contribution >= 0.6 is 15.9 Å². The van der Waals surface area contributed by atoms with Crippen molar-refractivity contribution in [1.82, 2.24) is 4.98 Å². The summed E-state index contributed by atoms with van der Waals surface area (Å²) in [5, 5.41) is -0.215. The van der Waals surface area contributed by atoms with Crippen molar-refractivity contribution in [3.05, 3.63) is 29.1 Å². The van der Waals surface area contributed by atoms with Crippen LogP contribution < -0.4 is 0 Å². The summed E-state index contributed by atoms with van der Waals surface area (Å²) in [5.41, 5.74) is -3.40. The van der Waals surface area contributed by atoms with Gasteiger partial charge in [0.05, 0.1) is 0 Å². The largest absolute Gasteiger partial charge is 0.433 e. The summed E-state index contributed by atoms with van der Waals surface area (Å²) in [6, 6.07) is 1.28. The molecule has 0 N–H and O–H groups in total. The van der Waals surface area contributed by atoms with Gasteiger partial charge in [-0.05, 0) is 11.6 Å². The molecule has 0 saturated heterocycles. The lowest BCUT2D eigenvalue weighted by atomic mass is 10.2. The summed E-state index contributed by atoms with van der Waals surface area (Å²) < 4.78 is 73.5. The van der Waals surface area contributed by atoms with E-state index in [1.54, 1.807) is 0 Å². The Balaban J connectivity index is 3.34. The quantitative estimate of drug-likeness (QED) is 0.564. The third kappa shape index (κ3) is 2.87. The van der Waals surface area contributed by atoms with Crippen molar-refractivity contribution in [2.45, 2.75) is 17.7 Å². The number of nitrogens with zero attached hydrogens (tertiary/aromatic N) is 1. The molecule has 16 heavy (non-hydrogen) atoms. The van der Waals surface area contributed by atoms with Gasteiger partial charge in [0, 0.05) is 5.33 Å². The third-order valence-electron chi connectivity index (χ3n) is 1.68. The smallest absolute Gasteiger partial charge is 0.238 e. The van der Waals surface area contributed by atoms with Crippen LogP contribution in [0.4, 0.5) is 26.3 Å². The lowest BCUT2D eigenvalue weighted by Gasteiger charge is -2.13. The molecule has 0 amide bonds. The van der Waals surface area contributed by atoms with Crippen LogP contribution in [0, 0.1) is 0 Å². The highest BCUT2D eigenvalue weighted by atomic mass is 79.9. The van der Waals surface area contributed by atoms with Gasteiger partial charge in [-0.15, -0.1) is 0 Å². The summed E-state index contributed by atoms with van der Waals surface area (Å²) in [7, 11) is 0. The zero-order valence-electron chi connectivity index (χ0n) is 7.45. The maximum atomic E-state index is 12.4. The molecule has 0 aliphatic carbocycles. The molecule has 1 heterocycles. The predicted molar refractivity (Wildman–Crippen MR) is 46.9 cm³/mol. The Morgan fingerprint density at radius 2 is 1.56 bits per heavy atom. The molecule has 0 radical (unpaired) electrons. The van der Waals surface area contributed by atoms with Crippen LogP contribution in [0.15, 0.2) is 12.1 Å². The van der Waals surface area contributed by atoms with E-state index in [1.165, 1.54) is 0 Å². The standard InChI is InChI=1S/C8H4BrF6N/c9-3-4-1-2-5(7(10,11)12)16-6(4)8(13,14)15/h1-2H,3H2. The van der Waals surface area contributed by atoms with Crippen molar-refractivity contribution in [3.63, 3.8) is 0 Å². The fourth-order valence-electron chi connectivity index (χ4n) is 0.999. The first kappa shape index (κ1) is 13.3. The van der Waals surface area contributed by atoms with Gasteiger partial charge in [0.25, 0.3) is 0 Å². The van der Waals surface area contributed by atoms with Gasteiger partial charge < -0.3 is 0 Å². The molecule has 0 aliphatic heterocycles. The number of rotatable bonds is 1. The highest BCUT2D eigenvalue weighted by Gasteiger charge is 2.39. The molecule has 8 heteroatoms. The van der Waals surface area contributed by atoms with Crippen molar-refractivity contribution in [2.75, 3.05) is 0 Å². The molecule has 1 aromatic heterocycles. The minimum atomic E-state index is -4.90. The zero-order valence-corrected chi connectivity index (χ0v) is 9.04. The highest BCUT2D eigenvalue weighted by molar-refractivity contribution is 9.08. The van der Waals surface area contributed by atoms with Crippen LogP contribution in [0.3, 0.4) is 0 Å². The Hall–Kier alpha value is -0.790. The minimum absolute atomic E-state index is 0.215. The highest BCUT2D eigenvalue weighted by Crippen LogP contribution is 2.35. The first-order chi connectivity index (χ1) is 7.16. The van der Waals surface area contributed by atoms with E-state index in [9.17, 15) is 26.3 Å². The van der Waals surface area contributed by atoms with Gasteiger partial charge in [0.2, 0.25) is 0 Å². The maximum absolute atomic E-state index is 12.4. The minimum Gasteiger partial charge on any atom is -0.238 e. The first-order valence-electron chi connectivity index (χ1n) is 3.86. The monoisotopic (exact) mass is 307 g/mol. The van der Waals surface area contributed by atoms with Gasteiger partial charge in [-0.1, -0.05) is 22.0 Å². The van der Waals surface area contributed by atoms with E-state index in [2.05, 4.69) is 20.9 Å². The molecule has 0 aromatic carbocycles. The summed E-state index contributed by atoms with van der Waals surface area (Å²) in [6.07, 6.45) is -9.78. The number of hydrogen-bond donors (Lipinski definition) is 0. The van der Waals surface area contributed by atoms with Gasteiger partial charge >= 0.3 is 12.4 Å². The van der Waals surface area contributed by atoms with Crippen LogP contribution in [0.25, 0.3) is 0 Å². The Kier molecular flexibility index (Phi) is 3.51. The van der Waals surface area contributed by atoms with Crippen LogP contribution in [0.2, 0.25) is 0 Å². The Bertz CT molecular complexity index is 383. The molecule has 1 rings (SSSR count). The molecule has 0 spiro atoms. The number of hydrogen-bond acceptors (Lipinski definition) is 1. The van der Waals surface area contributed by atoms with E-state index in [0.29, 0.717) is 6.07 Å². The fourth-order valence-corrected chi connectivity index (χ4v) is 1.45. The molecule has 0 fully saturated rings. The van der Waals surface area contributed by atoms with E-state index < -0.39 is 23.7 Å². The summed E-state index contributed by atoms with van der Waals surface area (Å²) in [6.45, 7) is 0. The molecule has 90 valence electrons. The van der Waals surface area contributed by atoms with Crippen molar-refractivity contribution in [2.24, 2.45) is 0 Å². The van der Waals surface area contributed by atoms with Crippen LogP contribution in [0.5, 0.6) is 0 Å².